The quantitative estimate of drug-likeness (QED) is 0.929. The highest BCUT2D eigenvalue weighted by atomic mass is 32.1. The van der Waals surface area contributed by atoms with Crippen molar-refractivity contribution in [2.75, 3.05) is 13.1 Å². The van der Waals surface area contributed by atoms with E-state index in [1.807, 2.05) is 6.07 Å². The van der Waals surface area contributed by atoms with Crippen LogP contribution in [0.5, 0.6) is 0 Å². The number of benzene rings is 1. The van der Waals surface area contributed by atoms with Crippen molar-refractivity contribution in [1.82, 2.24) is 4.90 Å². The van der Waals surface area contributed by atoms with Gasteiger partial charge < -0.3 is 5.73 Å². The standard InChI is InChI=1S/C17H23FN2S/c1-11-6-7-20(9-12(11)2)10-13-16(8-19)21-15-5-3-4-14(18)17(13)15/h3-5,11-12H,6-10,19H2,1-2H3. The van der Waals surface area contributed by atoms with Crippen LogP contribution in [0.2, 0.25) is 0 Å². The number of likely N-dealkylation sites (tertiary alicyclic amines) is 1. The summed E-state index contributed by atoms with van der Waals surface area (Å²) in [6.07, 6.45) is 1.23. The van der Waals surface area contributed by atoms with Gasteiger partial charge in [-0.2, -0.15) is 0 Å². The van der Waals surface area contributed by atoms with Gasteiger partial charge in [0.05, 0.1) is 0 Å². The van der Waals surface area contributed by atoms with Gasteiger partial charge in [0.15, 0.2) is 0 Å². The molecule has 1 aliphatic heterocycles. The van der Waals surface area contributed by atoms with Crippen molar-refractivity contribution in [3.05, 3.63) is 34.5 Å². The number of hydrogen-bond acceptors (Lipinski definition) is 3. The Morgan fingerprint density at radius 3 is 2.86 bits per heavy atom. The van der Waals surface area contributed by atoms with E-state index in [1.165, 1.54) is 6.42 Å². The number of fused-ring (bicyclic) bond motifs is 1. The first kappa shape index (κ1) is 14.9. The smallest absolute Gasteiger partial charge is 0.132 e. The van der Waals surface area contributed by atoms with Crippen LogP contribution in [0.3, 0.4) is 0 Å². The maximum Gasteiger partial charge on any atom is 0.132 e. The number of rotatable bonds is 3. The molecule has 0 bridgehead atoms. The summed E-state index contributed by atoms with van der Waals surface area (Å²) >= 11 is 1.64. The van der Waals surface area contributed by atoms with Gasteiger partial charge >= 0.3 is 0 Å². The minimum atomic E-state index is -0.114. The summed E-state index contributed by atoms with van der Waals surface area (Å²) in [5.74, 6) is 1.37. The van der Waals surface area contributed by atoms with Crippen molar-refractivity contribution >= 4 is 21.4 Å². The number of hydrogen-bond donors (Lipinski definition) is 1. The highest BCUT2D eigenvalue weighted by Gasteiger charge is 2.24. The van der Waals surface area contributed by atoms with Crippen LogP contribution in [0.25, 0.3) is 10.1 Å². The Bertz CT molecular complexity index is 637. The first-order valence-corrected chi connectivity index (χ1v) is 8.53. The molecule has 3 rings (SSSR count). The van der Waals surface area contributed by atoms with Crippen LogP contribution < -0.4 is 5.73 Å². The van der Waals surface area contributed by atoms with Crippen LogP contribution in [-0.2, 0) is 13.1 Å². The average Bonchev–Trinajstić information content (AvgIpc) is 2.82. The van der Waals surface area contributed by atoms with Gasteiger partial charge in [-0.3, -0.25) is 4.90 Å². The maximum absolute atomic E-state index is 14.2. The van der Waals surface area contributed by atoms with Crippen LogP contribution in [0.15, 0.2) is 18.2 Å². The van der Waals surface area contributed by atoms with Gasteiger partial charge in [-0.25, -0.2) is 4.39 Å². The molecule has 2 N–H and O–H groups in total. The van der Waals surface area contributed by atoms with Crippen LogP contribution in [0, 0.1) is 17.7 Å². The van der Waals surface area contributed by atoms with E-state index < -0.39 is 0 Å². The zero-order chi connectivity index (χ0) is 15.0. The summed E-state index contributed by atoms with van der Waals surface area (Å²) in [5, 5.41) is 0.786. The Kier molecular flexibility index (Phi) is 4.29. The third-order valence-electron chi connectivity index (χ3n) is 4.83. The van der Waals surface area contributed by atoms with Crippen molar-refractivity contribution in [1.29, 1.82) is 0 Å². The van der Waals surface area contributed by atoms with E-state index in [-0.39, 0.29) is 5.82 Å². The Labute approximate surface area is 129 Å². The molecule has 2 atom stereocenters. The molecule has 0 spiro atoms. The molecule has 1 aromatic heterocycles. The second-order valence-electron chi connectivity index (χ2n) is 6.30. The average molecular weight is 306 g/mol. The molecule has 2 aromatic rings. The predicted octanol–water partition coefficient (Wildman–Crippen LogP) is 3.98. The molecule has 1 fully saturated rings. The Hall–Kier alpha value is -0.970. The van der Waals surface area contributed by atoms with Crippen molar-refractivity contribution in [3.8, 4) is 0 Å². The van der Waals surface area contributed by atoms with Gasteiger partial charge in [-0.1, -0.05) is 19.9 Å². The summed E-state index contributed by atoms with van der Waals surface area (Å²) in [5.41, 5.74) is 7.00. The lowest BCUT2D eigenvalue weighted by atomic mass is 9.88. The van der Waals surface area contributed by atoms with Crippen LogP contribution in [-0.4, -0.2) is 18.0 Å². The van der Waals surface area contributed by atoms with Gasteiger partial charge in [-0.15, -0.1) is 11.3 Å². The highest BCUT2D eigenvalue weighted by Crippen LogP contribution is 2.35. The van der Waals surface area contributed by atoms with Gasteiger partial charge in [0.1, 0.15) is 5.82 Å². The third-order valence-corrected chi connectivity index (χ3v) is 6.05. The lowest BCUT2D eigenvalue weighted by molar-refractivity contribution is 0.132. The second-order valence-corrected chi connectivity index (χ2v) is 7.44. The Morgan fingerprint density at radius 1 is 1.33 bits per heavy atom. The van der Waals surface area contributed by atoms with Crippen LogP contribution in [0.4, 0.5) is 4.39 Å². The third kappa shape index (κ3) is 2.85. The normalized spacial score (nSPS) is 23.8. The number of halogens is 1. The van der Waals surface area contributed by atoms with Crippen molar-refractivity contribution in [3.63, 3.8) is 0 Å². The fourth-order valence-electron chi connectivity index (χ4n) is 3.26. The van der Waals surface area contributed by atoms with Gasteiger partial charge in [0, 0.05) is 34.6 Å². The number of nitrogens with zero attached hydrogens (tertiary/aromatic N) is 1. The van der Waals surface area contributed by atoms with Crippen molar-refractivity contribution in [2.24, 2.45) is 17.6 Å². The molecule has 2 heterocycles. The zero-order valence-electron chi connectivity index (χ0n) is 12.7. The molecule has 114 valence electrons. The first-order valence-electron chi connectivity index (χ1n) is 7.71. The van der Waals surface area contributed by atoms with Crippen molar-refractivity contribution in [2.45, 2.75) is 33.4 Å². The summed E-state index contributed by atoms with van der Waals surface area (Å²) in [6, 6.07) is 5.33. The van der Waals surface area contributed by atoms with Gasteiger partial charge in [-0.05, 0) is 42.5 Å². The van der Waals surface area contributed by atoms with E-state index in [2.05, 4.69) is 18.7 Å². The summed E-state index contributed by atoms with van der Waals surface area (Å²) in [7, 11) is 0. The minimum Gasteiger partial charge on any atom is -0.326 e. The number of thiophene rings is 1. The summed E-state index contributed by atoms with van der Waals surface area (Å²) < 4.78 is 15.3. The fourth-order valence-corrected chi connectivity index (χ4v) is 4.37. The molecule has 0 radical (unpaired) electrons. The van der Waals surface area contributed by atoms with E-state index in [9.17, 15) is 4.39 Å². The second kappa shape index (κ2) is 6.03. The molecule has 0 aliphatic carbocycles. The Morgan fingerprint density at radius 2 is 2.14 bits per heavy atom. The molecule has 21 heavy (non-hydrogen) atoms. The number of piperidine rings is 1. The molecule has 2 unspecified atom stereocenters. The Balaban J connectivity index is 1.92. The maximum atomic E-state index is 14.2. The van der Waals surface area contributed by atoms with E-state index in [0.29, 0.717) is 12.5 Å². The van der Waals surface area contributed by atoms with Crippen molar-refractivity contribution < 1.29 is 4.39 Å². The molecular formula is C17H23FN2S. The molecular weight excluding hydrogens is 283 g/mol. The lowest BCUT2D eigenvalue weighted by Crippen LogP contribution is -2.38. The first-order chi connectivity index (χ1) is 10.1. The van der Waals surface area contributed by atoms with E-state index in [4.69, 9.17) is 5.73 Å². The monoisotopic (exact) mass is 306 g/mol. The van der Waals surface area contributed by atoms with Crippen LogP contribution in [0.1, 0.15) is 30.7 Å². The molecule has 0 amide bonds. The summed E-state index contributed by atoms with van der Waals surface area (Å²) in [4.78, 5) is 3.58. The lowest BCUT2D eigenvalue weighted by Gasteiger charge is -2.35. The molecule has 1 aliphatic rings. The molecule has 2 nitrogen and oxygen atoms in total. The predicted molar refractivity (Wildman–Crippen MR) is 87.9 cm³/mol. The minimum absolute atomic E-state index is 0.114. The van der Waals surface area contributed by atoms with E-state index >= 15 is 0 Å². The molecule has 1 aromatic carbocycles. The molecule has 4 heteroatoms. The SMILES string of the molecule is CC1CCN(Cc2c(CN)sc3cccc(F)c23)CC1C. The van der Waals surface area contributed by atoms with Gasteiger partial charge in [0.25, 0.3) is 0 Å². The van der Waals surface area contributed by atoms with E-state index in [1.54, 1.807) is 23.5 Å². The zero-order valence-corrected chi connectivity index (χ0v) is 13.5. The molecule has 0 saturated carbocycles. The van der Waals surface area contributed by atoms with Gasteiger partial charge in [0.2, 0.25) is 0 Å². The summed E-state index contributed by atoms with van der Waals surface area (Å²) in [6.45, 7) is 8.15. The van der Waals surface area contributed by atoms with Crippen LogP contribution >= 0.6 is 11.3 Å². The highest BCUT2D eigenvalue weighted by molar-refractivity contribution is 7.19. The number of nitrogens with two attached hydrogens (primary N) is 1. The largest absolute Gasteiger partial charge is 0.326 e. The fraction of sp³-hybridized carbons (Fsp3) is 0.529. The van der Waals surface area contributed by atoms with E-state index in [0.717, 1.165) is 46.1 Å². The topological polar surface area (TPSA) is 29.3 Å². The molecule has 1 saturated heterocycles.